The molecular weight excluding hydrogens is 416 g/mol. The van der Waals surface area contributed by atoms with E-state index in [9.17, 15) is 8.42 Å². The average molecular weight is 445 g/mol. The first kappa shape index (κ1) is 21.4. The number of hydrogen-bond acceptors (Lipinski definition) is 7. The van der Waals surface area contributed by atoms with Gasteiger partial charge in [0.1, 0.15) is 6.33 Å². The average Bonchev–Trinajstić information content (AvgIpc) is 3.15. The minimum Gasteiger partial charge on any atom is -0.491 e. The minimum absolute atomic E-state index is 0.590. The summed E-state index contributed by atoms with van der Waals surface area (Å²) in [5.74, 6) is 1.56. The highest BCUT2D eigenvalue weighted by Crippen LogP contribution is 2.26. The molecule has 1 saturated heterocycles. The fraction of sp³-hybridized carbons (Fsp3) is 0.429. The first-order chi connectivity index (χ1) is 14.9. The maximum absolute atomic E-state index is 11.5. The van der Waals surface area contributed by atoms with E-state index in [2.05, 4.69) is 29.5 Å². The monoisotopic (exact) mass is 444 g/mol. The number of hydrogen-bond donors (Lipinski definition) is 2. The third-order valence-electron chi connectivity index (χ3n) is 5.54. The number of aromatic nitrogens is 3. The maximum atomic E-state index is 11.5. The van der Waals surface area contributed by atoms with Crippen LogP contribution in [0, 0.1) is 0 Å². The van der Waals surface area contributed by atoms with Gasteiger partial charge in [-0.2, -0.15) is 0 Å². The highest BCUT2D eigenvalue weighted by atomic mass is 32.2. The van der Waals surface area contributed by atoms with Crippen molar-refractivity contribution in [3.05, 3.63) is 42.5 Å². The minimum atomic E-state index is -3.29. The molecule has 0 unspecified atom stereocenters. The zero-order chi connectivity index (χ0) is 21.8. The summed E-state index contributed by atoms with van der Waals surface area (Å²) >= 11 is 0. The van der Waals surface area contributed by atoms with Crippen LogP contribution in [0.15, 0.2) is 36.9 Å². The number of piperazine rings is 1. The molecule has 10 heteroatoms. The van der Waals surface area contributed by atoms with Crippen LogP contribution in [0.4, 0.5) is 11.5 Å². The molecule has 0 atom stereocenters. The fourth-order valence-corrected chi connectivity index (χ4v) is 4.59. The molecule has 9 nitrogen and oxygen atoms in total. The molecular formula is C21H28N6O3S. The smallest absolute Gasteiger partial charge is 0.229 e. The van der Waals surface area contributed by atoms with Crippen molar-refractivity contribution >= 4 is 32.4 Å². The summed E-state index contributed by atoms with van der Waals surface area (Å²) in [5, 5.41) is 1.06. The van der Waals surface area contributed by atoms with Gasteiger partial charge in [-0.15, -0.1) is 0 Å². The zero-order valence-corrected chi connectivity index (χ0v) is 18.7. The van der Waals surface area contributed by atoms with Gasteiger partial charge < -0.3 is 14.6 Å². The molecule has 1 fully saturated rings. The molecule has 2 N–H and O–H groups in total. The summed E-state index contributed by atoms with van der Waals surface area (Å²) < 4.78 is 31.0. The number of anilines is 2. The Hall–Kier alpha value is -2.85. The molecule has 1 aliphatic heterocycles. The molecule has 3 heterocycles. The van der Waals surface area contributed by atoms with Gasteiger partial charge in [-0.05, 0) is 43.1 Å². The summed E-state index contributed by atoms with van der Waals surface area (Å²) in [6.07, 6.45) is 8.41. The topological polar surface area (TPSA) is 103 Å². The highest BCUT2D eigenvalue weighted by molar-refractivity contribution is 7.92. The lowest BCUT2D eigenvalue weighted by atomic mass is 10.1. The lowest BCUT2D eigenvalue weighted by molar-refractivity contribution is 0.253. The van der Waals surface area contributed by atoms with Gasteiger partial charge in [0.05, 0.1) is 19.6 Å². The van der Waals surface area contributed by atoms with E-state index in [0.29, 0.717) is 11.4 Å². The molecule has 4 rings (SSSR count). The Morgan fingerprint density at radius 3 is 2.77 bits per heavy atom. The molecule has 0 amide bonds. The molecule has 0 radical (unpaired) electrons. The third-order valence-corrected chi connectivity index (χ3v) is 6.15. The number of ether oxygens (including phenoxy) is 1. The number of aryl methyl sites for hydroxylation is 1. The number of nitrogens with zero attached hydrogens (tertiary/aromatic N) is 4. The van der Waals surface area contributed by atoms with Crippen molar-refractivity contribution in [1.29, 1.82) is 0 Å². The predicted molar refractivity (Wildman–Crippen MR) is 122 cm³/mol. The summed E-state index contributed by atoms with van der Waals surface area (Å²) in [7, 11) is -1.65. The summed E-state index contributed by atoms with van der Waals surface area (Å²) in [6, 6.07) is 5.58. The zero-order valence-electron chi connectivity index (χ0n) is 17.8. The second-order valence-electron chi connectivity index (χ2n) is 7.80. The van der Waals surface area contributed by atoms with Crippen molar-refractivity contribution in [2.45, 2.75) is 12.8 Å². The van der Waals surface area contributed by atoms with E-state index in [-0.39, 0.29) is 0 Å². The molecule has 1 aliphatic rings. The van der Waals surface area contributed by atoms with Crippen LogP contribution in [0.25, 0.3) is 10.9 Å². The number of methoxy groups -OCH3 is 1. The van der Waals surface area contributed by atoms with Crippen LogP contribution in [0.5, 0.6) is 5.75 Å². The number of aromatic amines is 1. The lowest BCUT2D eigenvalue weighted by Crippen LogP contribution is -2.47. The van der Waals surface area contributed by atoms with Crippen LogP contribution >= 0.6 is 0 Å². The van der Waals surface area contributed by atoms with E-state index in [1.165, 1.54) is 5.56 Å². The number of fused-ring (bicyclic) bond motifs is 1. The standard InChI is InChI=1S/C21H28N6O3S/c1-30-20-14-22-15-24-21(20)27-10-8-26(9-11-27)7-3-4-16-13-23-19-6-5-17(12-18(16)19)25-31(2,28)29/h5-6,12-15,23,25H,3-4,7-11H2,1-2H3. The molecule has 1 aromatic carbocycles. The van der Waals surface area contributed by atoms with Gasteiger partial charge in [-0.1, -0.05) is 0 Å². The van der Waals surface area contributed by atoms with Gasteiger partial charge in [0, 0.05) is 49.0 Å². The van der Waals surface area contributed by atoms with Gasteiger partial charge >= 0.3 is 0 Å². The van der Waals surface area contributed by atoms with Crippen molar-refractivity contribution in [3.63, 3.8) is 0 Å². The molecule has 3 aromatic rings. The van der Waals surface area contributed by atoms with Gasteiger partial charge in [-0.3, -0.25) is 9.62 Å². The predicted octanol–water partition coefficient (Wildman–Crippen LogP) is 2.09. The lowest BCUT2D eigenvalue weighted by Gasteiger charge is -2.35. The third kappa shape index (κ3) is 5.26. The first-order valence-electron chi connectivity index (χ1n) is 10.3. The van der Waals surface area contributed by atoms with E-state index in [1.807, 2.05) is 18.3 Å². The quantitative estimate of drug-likeness (QED) is 0.548. The Morgan fingerprint density at radius 1 is 1.23 bits per heavy atom. The summed E-state index contributed by atoms with van der Waals surface area (Å²) in [4.78, 5) is 16.4. The number of benzene rings is 1. The first-order valence-corrected chi connectivity index (χ1v) is 12.2. The van der Waals surface area contributed by atoms with Crippen molar-refractivity contribution in [1.82, 2.24) is 19.9 Å². The van der Waals surface area contributed by atoms with Gasteiger partial charge in [0.15, 0.2) is 11.6 Å². The van der Waals surface area contributed by atoms with E-state index in [4.69, 9.17) is 4.74 Å². The fourth-order valence-electron chi connectivity index (χ4n) is 4.03. The normalized spacial score (nSPS) is 15.4. The largest absolute Gasteiger partial charge is 0.491 e. The van der Waals surface area contributed by atoms with E-state index in [1.54, 1.807) is 25.7 Å². The highest BCUT2D eigenvalue weighted by Gasteiger charge is 2.20. The molecule has 31 heavy (non-hydrogen) atoms. The maximum Gasteiger partial charge on any atom is 0.229 e. The van der Waals surface area contributed by atoms with E-state index < -0.39 is 10.0 Å². The number of H-pyrrole nitrogens is 1. The Morgan fingerprint density at radius 2 is 2.03 bits per heavy atom. The SMILES string of the molecule is COc1cncnc1N1CCN(CCCc2c[nH]c3ccc(NS(C)(=O)=O)cc23)CC1. The van der Waals surface area contributed by atoms with Crippen LogP contribution in [0.2, 0.25) is 0 Å². The van der Waals surface area contributed by atoms with Crippen LogP contribution in [-0.4, -0.2) is 74.4 Å². The molecule has 2 aromatic heterocycles. The Kier molecular flexibility index (Phi) is 6.28. The van der Waals surface area contributed by atoms with Crippen molar-refractivity contribution in [2.24, 2.45) is 0 Å². The molecule has 0 aliphatic carbocycles. The van der Waals surface area contributed by atoms with Crippen molar-refractivity contribution in [3.8, 4) is 5.75 Å². The molecule has 166 valence electrons. The second kappa shape index (κ2) is 9.11. The number of rotatable bonds is 8. The molecule has 0 spiro atoms. The number of nitrogens with one attached hydrogen (secondary N) is 2. The van der Waals surface area contributed by atoms with Crippen LogP contribution in [0.1, 0.15) is 12.0 Å². The van der Waals surface area contributed by atoms with Crippen LogP contribution in [0.3, 0.4) is 0 Å². The Balaban J connectivity index is 1.31. The van der Waals surface area contributed by atoms with Crippen molar-refractivity contribution < 1.29 is 13.2 Å². The van der Waals surface area contributed by atoms with Crippen molar-refractivity contribution in [2.75, 3.05) is 55.7 Å². The van der Waals surface area contributed by atoms with Gasteiger partial charge in [0.25, 0.3) is 0 Å². The van der Waals surface area contributed by atoms with E-state index in [0.717, 1.165) is 68.5 Å². The van der Waals surface area contributed by atoms with E-state index >= 15 is 0 Å². The van der Waals surface area contributed by atoms with Gasteiger partial charge in [-0.25, -0.2) is 18.4 Å². The molecule has 0 bridgehead atoms. The van der Waals surface area contributed by atoms with Gasteiger partial charge in [0.2, 0.25) is 10.0 Å². The summed E-state index contributed by atoms with van der Waals surface area (Å²) in [5.41, 5.74) is 2.81. The Labute approximate surface area is 182 Å². The summed E-state index contributed by atoms with van der Waals surface area (Å²) in [6.45, 7) is 4.78. The second-order valence-corrected chi connectivity index (χ2v) is 9.54. The van der Waals surface area contributed by atoms with Crippen LogP contribution in [-0.2, 0) is 16.4 Å². The number of sulfonamides is 1. The van der Waals surface area contributed by atoms with Crippen LogP contribution < -0.4 is 14.4 Å². The molecule has 0 saturated carbocycles. The Bertz CT molecular complexity index is 1140.